The highest BCUT2D eigenvalue weighted by Gasteiger charge is 2.21. The Hall–Kier alpha value is -1.02. The maximum atomic E-state index is 6.22. The molecular formula is C15H23NO. The highest BCUT2D eigenvalue weighted by atomic mass is 16.5. The van der Waals surface area contributed by atoms with Crippen molar-refractivity contribution in [2.24, 2.45) is 5.73 Å². The highest BCUT2D eigenvalue weighted by Crippen LogP contribution is 2.24. The summed E-state index contributed by atoms with van der Waals surface area (Å²) in [5.74, 6) is 0.994. The molecule has 1 fully saturated rings. The molecule has 2 unspecified atom stereocenters. The maximum absolute atomic E-state index is 6.22. The standard InChI is InChI=1S/C15H23NO/c1-12-8-6-7-10-14(12)17-15-11-5-3-2-4-9-13(15)16/h6-8,10,13,15H,2-5,9,11,16H2,1H3. The summed E-state index contributed by atoms with van der Waals surface area (Å²) in [7, 11) is 0. The molecule has 2 nitrogen and oxygen atoms in total. The van der Waals surface area contributed by atoms with Gasteiger partial charge in [0.25, 0.3) is 0 Å². The van der Waals surface area contributed by atoms with Crippen molar-refractivity contribution in [1.82, 2.24) is 0 Å². The Balaban J connectivity index is 2.02. The molecule has 0 aliphatic heterocycles. The molecule has 0 radical (unpaired) electrons. The molecule has 2 heteroatoms. The molecule has 0 amide bonds. The van der Waals surface area contributed by atoms with Crippen LogP contribution in [-0.2, 0) is 0 Å². The van der Waals surface area contributed by atoms with Crippen LogP contribution in [0.5, 0.6) is 5.75 Å². The first kappa shape index (κ1) is 12.4. The number of ether oxygens (including phenoxy) is 1. The van der Waals surface area contributed by atoms with Gasteiger partial charge in [-0.3, -0.25) is 0 Å². The quantitative estimate of drug-likeness (QED) is 0.849. The average molecular weight is 233 g/mol. The SMILES string of the molecule is Cc1ccccc1OC1CCCCCCC1N. The minimum Gasteiger partial charge on any atom is -0.489 e. The zero-order valence-electron chi connectivity index (χ0n) is 10.7. The van der Waals surface area contributed by atoms with Crippen molar-refractivity contribution in [3.05, 3.63) is 29.8 Å². The predicted molar refractivity (Wildman–Crippen MR) is 71.3 cm³/mol. The summed E-state index contributed by atoms with van der Waals surface area (Å²) < 4.78 is 6.11. The molecule has 2 rings (SSSR count). The van der Waals surface area contributed by atoms with Gasteiger partial charge in [-0.1, -0.05) is 37.5 Å². The lowest BCUT2D eigenvalue weighted by molar-refractivity contribution is 0.144. The number of nitrogens with two attached hydrogens (primary N) is 1. The fourth-order valence-electron chi connectivity index (χ4n) is 2.48. The van der Waals surface area contributed by atoms with Crippen LogP contribution < -0.4 is 10.5 Å². The molecule has 17 heavy (non-hydrogen) atoms. The molecule has 0 saturated heterocycles. The van der Waals surface area contributed by atoms with Gasteiger partial charge >= 0.3 is 0 Å². The Bertz CT molecular complexity index is 351. The average Bonchev–Trinajstić information content (AvgIpc) is 2.31. The molecule has 94 valence electrons. The highest BCUT2D eigenvalue weighted by molar-refractivity contribution is 5.32. The van der Waals surface area contributed by atoms with Gasteiger partial charge in [0.2, 0.25) is 0 Å². The third kappa shape index (κ3) is 3.47. The Morgan fingerprint density at radius 1 is 1.06 bits per heavy atom. The largest absolute Gasteiger partial charge is 0.489 e. The summed E-state index contributed by atoms with van der Waals surface area (Å²) in [6.45, 7) is 2.09. The van der Waals surface area contributed by atoms with Crippen LogP contribution in [0.15, 0.2) is 24.3 Å². The Morgan fingerprint density at radius 3 is 2.53 bits per heavy atom. The van der Waals surface area contributed by atoms with Crippen molar-refractivity contribution in [3.8, 4) is 5.75 Å². The van der Waals surface area contributed by atoms with E-state index in [-0.39, 0.29) is 12.1 Å². The monoisotopic (exact) mass is 233 g/mol. The molecule has 2 N–H and O–H groups in total. The van der Waals surface area contributed by atoms with Crippen LogP contribution in [0.25, 0.3) is 0 Å². The van der Waals surface area contributed by atoms with Crippen molar-refractivity contribution in [2.75, 3.05) is 0 Å². The summed E-state index contributed by atoms with van der Waals surface area (Å²) in [5.41, 5.74) is 7.42. The van der Waals surface area contributed by atoms with Gasteiger partial charge in [-0.05, 0) is 37.8 Å². The molecule has 1 aromatic carbocycles. The second kappa shape index (κ2) is 6.06. The second-order valence-corrected chi connectivity index (χ2v) is 5.08. The number of rotatable bonds is 2. The second-order valence-electron chi connectivity index (χ2n) is 5.08. The number of aryl methyl sites for hydroxylation is 1. The molecule has 2 atom stereocenters. The number of hydrogen-bond donors (Lipinski definition) is 1. The number of para-hydroxylation sites is 1. The van der Waals surface area contributed by atoms with Crippen LogP contribution in [0.2, 0.25) is 0 Å². The van der Waals surface area contributed by atoms with Gasteiger partial charge in [-0.2, -0.15) is 0 Å². The fraction of sp³-hybridized carbons (Fsp3) is 0.600. The molecule has 0 aromatic heterocycles. The van der Waals surface area contributed by atoms with Crippen molar-refractivity contribution in [3.63, 3.8) is 0 Å². The molecule has 1 saturated carbocycles. The molecular weight excluding hydrogens is 210 g/mol. The van der Waals surface area contributed by atoms with E-state index >= 15 is 0 Å². The van der Waals surface area contributed by atoms with E-state index in [2.05, 4.69) is 13.0 Å². The van der Waals surface area contributed by atoms with Crippen LogP contribution in [-0.4, -0.2) is 12.1 Å². The minimum atomic E-state index is 0.190. The maximum Gasteiger partial charge on any atom is 0.122 e. The van der Waals surface area contributed by atoms with Crippen molar-refractivity contribution < 1.29 is 4.74 Å². The zero-order chi connectivity index (χ0) is 12.1. The normalized spacial score (nSPS) is 26.0. The smallest absolute Gasteiger partial charge is 0.122 e. The van der Waals surface area contributed by atoms with Gasteiger partial charge in [0, 0.05) is 6.04 Å². The van der Waals surface area contributed by atoms with Crippen molar-refractivity contribution in [2.45, 2.75) is 57.6 Å². The van der Waals surface area contributed by atoms with E-state index in [9.17, 15) is 0 Å². The van der Waals surface area contributed by atoms with Gasteiger partial charge in [-0.25, -0.2) is 0 Å². The van der Waals surface area contributed by atoms with Crippen LogP contribution in [0.1, 0.15) is 44.1 Å². The topological polar surface area (TPSA) is 35.2 Å². The van der Waals surface area contributed by atoms with E-state index in [0.29, 0.717) is 0 Å². The van der Waals surface area contributed by atoms with E-state index in [1.54, 1.807) is 0 Å². The van der Waals surface area contributed by atoms with Gasteiger partial charge < -0.3 is 10.5 Å². The first-order valence-electron chi connectivity index (χ1n) is 6.75. The summed E-state index contributed by atoms with van der Waals surface area (Å²) in [6, 6.07) is 8.39. The Morgan fingerprint density at radius 2 is 1.76 bits per heavy atom. The van der Waals surface area contributed by atoms with Crippen LogP contribution in [0.4, 0.5) is 0 Å². The summed E-state index contributed by atoms with van der Waals surface area (Å²) in [5, 5.41) is 0. The summed E-state index contributed by atoms with van der Waals surface area (Å²) in [4.78, 5) is 0. The molecule has 1 aromatic rings. The zero-order valence-corrected chi connectivity index (χ0v) is 10.7. The summed E-state index contributed by atoms with van der Waals surface area (Å²) >= 11 is 0. The Labute approximate surface area is 104 Å². The first-order valence-corrected chi connectivity index (χ1v) is 6.75. The van der Waals surface area contributed by atoms with E-state index in [1.807, 2.05) is 18.2 Å². The van der Waals surface area contributed by atoms with Gasteiger partial charge in [-0.15, -0.1) is 0 Å². The van der Waals surface area contributed by atoms with E-state index in [1.165, 1.54) is 31.2 Å². The molecule has 0 bridgehead atoms. The van der Waals surface area contributed by atoms with E-state index in [4.69, 9.17) is 10.5 Å². The van der Waals surface area contributed by atoms with Crippen molar-refractivity contribution in [1.29, 1.82) is 0 Å². The number of benzene rings is 1. The third-order valence-corrected chi connectivity index (χ3v) is 3.63. The predicted octanol–water partition coefficient (Wildman–Crippen LogP) is 3.42. The number of hydrogen-bond acceptors (Lipinski definition) is 2. The van der Waals surface area contributed by atoms with Crippen LogP contribution in [0.3, 0.4) is 0 Å². The molecule has 1 aliphatic carbocycles. The molecule has 0 heterocycles. The van der Waals surface area contributed by atoms with Gasteiger partial charge in [0.05, 0.1) is 0 Å². The summed E-state index contributed by atoms with van der Waals surface area (Å²) in [6.07, 6.45) is 7.51. The van der Waals surface area contributed by atoms with Gasteiger partial charge in [0.1, 0.15) is 11.9 Å². The van der Waals surface area contributed by atoms with E-state index < -0.39 is 0 Å². The Kier molecular flexibility index (Phi) is 4.43. The van der Waals surface area contributed by atoms with E-state index in [0.717, 1.165) is 18.6 Å². The van der Waals surface area contributed by atoms with Crippen LogP contribution in [0, 0.1) is 6.92 Å². The van der Waals surface area contributed by atoms with Crippen LogP contribution >= 0.6 is 0 Å². The minimum absolute atomic E-state index is 0.190. The fourth-order valence-corrected chi connectivity index (χ4v) is 2.48. The lowest BCUT2D eigenvalue weighted by Crippen LogP contribution is -2.39. The van der Waals surface area contributed by atoms with Crippen molar-refractivity contribution >= 4 is 0 Å². The first-order chi connectivity index (χ1) is 8.27. The molecule has 1 aliphatic rings. The van der Waals surface area contributed by atoms with Gasteiger partial charge in [0.15, 0.2) is 0 Å². The lowest BCUT2D eigenvalue weighted by atomic mass is 9.94. The third-order valence-electron chi connectivity index (χ3n) is 3.63. The lowest BCUT2D eigenvalue weighted by Gasteiger charge is -2.27. The molecule has 0 spiro atoms.